The van der Waals surface area contributed by atoms with E-state index in [-0.39, 0.29) is 43.0 Å². The summed E-state index contributed by atoms with van der Waals surface area (Å²) >= 11 is 0. The molecule has 5 rings (SSSR count). The molecule has 33 heavy (non-hydrogen) atoms. The molecule has 6 heteroatoms. The van der Waals surface area contributed by atoms with Crippen molar-refractivity contribution in [2.75, 3.05) is 19.7 Å². The molecule has 3 atom stereocenters. The fourth-order valence-electron chi connectivity index (χ4n) is 5.47. The Morgan fingerprint density at radius 1 is 1.06 bits per heavy atom. The number of piperazine rings is 1. The number of hydrogen-bond donors (Lipinski definition) is 1. The van der Waals surface area contributed by atoms with Crippen LogP contribution in [0.3, 0.4) is 0 Å². The number of benzene rings is 2. The number of amides is 2. The molecular formula is C27H27FN2O3. The van der Waals surface area contributed by atoms with Gasteiger partial charge in [0.1, 0.15) is 12.4 Å². The summed E-state index contributed by atoms with van der Waals surface area (Å²) < 4.78 is 13.2. The fourth-order valence-corrected chi connectivity index (χ4v) is 5.47. The van der Waals surface area contributed by atoms with Gasteiger partial charge in [-0.1, -0.05) is 36.8 Å². The van der Waals surface area contributed by atoms with Gasteiger partial charge in [-0.3, -0.25) is 9.59 Å². The third kappa shape index (κ3) is 4.14. The number of aliphatic hydroxyl groups is 1. The number of halogens is 1. The molecule has 5 nitrogen and oxygen atoms in total. The standard InChI is InChI=1S/C27H27FN2O3/c28-22-13-11-21(12-14-22)27(33)29-15-23-26(24(17-31)30(23)25(32)16-29)20-9-7-19(8-10-20)6-5-18-3-1-2-4-18/h7-14,18,23-24,26,31H,1-4,15-17H2/t23-,24-,26+/m0/s1. The second-order valence-corrected chi connectivity index (χ2v) is 9.21. The maximum atomic E-state index is 13.2. The second kappa shape index (κ2) is 8.99. The Labute approximate surface area is 193 Å². The number of aliphatic hydroxyl groups excluding tert-OH is 1. The number of fused-ring (bicyclic) bond motifs is 1. The SMILES string of the molecule is O=C(c1ccc(F)cc1)N1CC(=O)N2[C@@H](CO)[C@H](c3ccc(C#CC4CCCC4)cc3)[C@@H]2C1. The third-order valence-corrected chi connectivity index (χ3v) is 7.20. The minimum Gasteiger partial charge on any atom is -0.394 e. The lowest BCUT2D eigenvalue weighted by Crippen LogP contribution is -2.73. The van der Waals surface area contributed by atoms with Crippen LogP contribution in [0.2, 0.25) is 0 Å². The van der Waals surface area contributed by atoms with E-state index in [0.29, 0.717) is 18.0 Å². The van der Waals surface area contributed by atoms with Gasteiger partial charge >= 0.3 is 0 Å². The van der Waals surface area contributed by atoms with E-state index in [1.165, 1.54) is 54.8 Å². The largest absolute Gasteiger partial charge is 0.394 e. The quantitative estimate of drug-likeness (QED) is 0.737. The monoisotopic (exact) mass is 446 g/mol. The maximum absolute atomic E-state index is 13.2. The van der Waals surface area contributed by atoms with Crippen LogP contribution in [0.1, 0.15) is 53.1 Å². The highest BCUT2D eigenvalue weighted by molar-refractivity contribution is 5.97. The summed E-state index contributed by atoms with van der Waals surface area (Å²) in [6.45, 7) is 0.222. The van der Waals surface area contributed by atoms with Gasteiger partial charge in [0.25, 0.3) is 5.91 Å². The van der Waals surface area contributed by atoms with Crippen LogP contribution in [-0.4, -0.2) is 58.5 Å². The predicted octanol–water partition coefficient (Wildman–Crippen LogP) is 3.18. The van der Waals surface area contributed by atoms with Crippen LogP contribution in [0.5, 0.6) is 0 Å². The summed E-state index contributed by atoms with van der Waals surface area (Å²) in [6, 6.07) is 12.9. The van der Waals surface area contributed by atoms with E-state index in [4.69, 9.17) is 0 Å². The summed E-state index contributed by atoms with van der Waals surface area (Å²) in [7, 11) is 0. The molecule has 3 aliphatic rings. The summed E-state index contributed by atoms with van der Waals surface area (Å²) in [6.07, 6.45) is 4.90. The molecule has 2 aromatic rings. The van der Waals surface area contributed by atoms with Crippen molar-refractivity contribution in [3.63, 3.8) is 0 Å². The minimum absolute atomic E-state index is 0.0361. The Balaban J connectivity index is 1.33. The lowest BCUT2D eigenvalue weighted by Gasteiger charge is -2.58. The molecule has 0 radical (unpaired) electrons. The van der Waals surface area contributed by atoms with Crippen molar-refractivity contribution in [1.82, 2.24) is 9.80 Å². The number of nitrogens with zero attached hydrogens (tertiary/aromatic N) is 2. The lowest BCUT2D eigenvalue weighted by atomic mass is 9.73. The van der Waals surface area contributed by atoms with Crippen LogP contribution in [0.15, 0.2) is 48.5 Å². The molecule has 1 aliphatic carbocycles. The zero-order valence-electron chi connectivity index (χ0n) is 18.4. The van der Waals surface area contributed by atoms with E-state index in [1.807, 2.05) is 24.3 Å². The molecule has 2 amide bonds. The van der Waals surface area contributed by atoms with E-state index in [1.54, 1.807) is 4.90 Å². The zero-order chi connectivity index (χ0) is 22.9. The highest BCUT2D eigenvalue weighted by Crippen LogP contribution is 2.43. The van der Waals surface area contributed by atoms with E-state index in [9.17, 15) is 19.1 Å². The van der Waals surface area contributed by atoms with Gasteiger partial charge in [-0.25, -0.2) is 4.39 Å². The molecule has 0 bridgehead atoms. The van der Waals surface area contributed by atoms with Crippen molar-refractivity contribution in [3.8, 4) is 11.8 Å². The van der Waals surface area contributed by atoms with Crippen molar-refractivity contribution in [3.05, 3.63) is 71.0 Å². The first-order valence-electron chi connectivity index (χ1n) is 11.6. The van der Waals surface area contributed by atoms with E-state index in [2.05, 4.69) is 11.8 Å². The van der Waals surface area contributed by atoms with Crippen molar-refractivity contribution < 1.29 is 19.1 Å². The Kier molecular flexibility index (Phi) is 5.90. The summed E-state index contributed by atoms with van der Waals surface area (Å²) in [5.74, 6) is 6.23. The third-order valence-electron chi connectivity index (χ3n) is 7.20. The summed E-state index contributed by atoms with van der Waals surface area (Å²) in [5, 5.41) is 9.98. The molecule has 170 valence electrons. The average Bonchev–Trinajstić information content (AvgIpc) is 3.33. The summed E-state index contributed by atoms with van der Waals surface area (Å²) in [4.78, 5) is 29.0. The first-order chi connectivity index (χ1) is 16.0. The Bertz CT molecular complexity index is 1100. The van der Waals surface area contributed by atoms with E-state index < -0.39 is 5.82 Å². The van der Waals surface area contributed by atoms with Crippen LogP contribution in [-0.2, 0) is 4.79 Å². The molecule has 2 heterocycles. The van der Waals surface area contributed by atoms with Crippen LogP contribution >= 0.6 is 0 Å². The van der Waals surface area contributed by atoms with Crippen LogP contribution in [0.4, 0.5) is 4.39 Å². The van der Waals surface area contributed by atoms with Crippen LogP contribution in [0, 0.1) is 23.6 Å². The molecular weight excluding hydrogens is 419 g/mol. The number of carbonyl (C=O) groups excluding carboxylic acids is 2. The lowest BCUT2D eigenvalue weighted by molar-refractivity contribution is -0.159. The van der Waals surface area contributed by atoms with E-state index >= 15 is 0 Å². The first-order valence-corrected chi connectivity index (χ1v) is 11.6. The molecule has 1 saturated carbocycles. The van der Waals surface area contributed by atoms with Gasteiger partial charge in [-0.05, 0) is 54.8 Å². The van der Waals surface area contributed by atoms with Crippen molar-refractivity contribution in [2.45, 2.75) is 43.7 Å². The second-order valence-electron chi connectivity index (χ2n) is 9.21. The molecule has 2 saturated heterocycles. The van der Waals surface area contributed by atoms with Gasteiger partial charge in [0.15, 0.2) is 0 Å². The first kappa shape index (κ1) is 21.7. The van der Waals surface area contributed by atoms with Crippen molar-refractivity contribution >= 4 is 11.8 Å². The summed E-state index contributed by atoms with van der Waals surface area (Å²) in [5.41, 5.74) is 2.36. The average molecular weight is 447 g/mol. The predicted molar refractivity (Wildman–Crippen MR) is 122 cm³/mol. The van der Waals surface area contributed by atoms with Gasteiger partial charge < -0.3 is 14.9 Å². The van der Waals surface area contributed by atoms with Gasteiger partial charge in [0.2, 0.25) is 5.91 Å². The van der Waals surface area contributed by atoms with Crippen molar-refractivity contribution in [2.24, 2.45) is 5.92 Å². The molecule has 0 spiro atoms. The molecule has 1 N–H and O–H groups in total. The molecule has 2 aliphatic heterocycles. The smallest absolute Gasteiger partial charge is 0.254 e. The van der Waals surface area contributed by atoms with Gasteiger partial charge in [0.05, 0.1) is 18.7 Å². The van der Waals surface area contributed by atoms with Gasteiger partial charge in [0, 0.05) is 29.5 Å². The van der Waals surface area contributed by atoms with Crippen LogP contribution < -0.4 is 0 Å². The van der Waals surface area contributed by atoms with E-state index in [0.717, 1.165) is 11.1 Å². The number of carbonyl (C=O) groups is 2. The normalized spacial score (nSPS) is 24.7. The van der Waals surface area contributed by atoms with Crippen molar-refractivity contribution in [1.29, 1.82) is 0 Å². The van der Waals surface area contributed by atoms with Gasteiger partial charge in [-0.2, -0.15) is 0 Å². The van der Waals surface area contributed by atoms with Gasteiger partial charge in [-0.15, -0.1) is 0 Å². The fraction of sp³-hybridized carbons (Fsp3) is 0.407. The highest BCUT2D eigenvalue weighted by Gasteiger charge is 2.54. The zero-order valence-corrected chi connectivity index (χ0v) is 18.4. The Morgan fingerprint density at radius 2 is 1.76 bits per heavy atom. The number of rotatable bonds is 3. The molecule has 0 unspecified atom stereocenters. The maximum Gasteiger partial charge on any atom is 0.254 e. The minimum atomic E-state index is -0.409. The number of hydrogen-bond acceptors (Lipinski definition) is 3. The van der Waals surface area contributed by atoms with Crippen LogP contribution in [0.25, 0.3) is 0 Å². The molecule has 0 aromatic heterocycles. The highest BCUT2D eigenvalue weighted by atomic mass is 19.1. The molecule has 2 aromatic carbocycles. The Hall–Kier alpha value is -3.17. The topological polar surface area (TPSA) is 60.9 Å². The Morgan fingerprint density at radius 3 is 2.42 bits per heavy atom. The molecule has 3 fully saturated rings.